The molecule has 0 aliphatic heterocycles. The third kappa shape index (κ3) is 3.83. The minimum absolute atomic E-state index is 0. The Hall–Kier alpha value is -1.07. The predicted octanol–water partition coefficient (Wildman–Crippen LogP) is -2.44. The van der Waals surface area contributed by atoms with Crippen LogP contribution in [0, 0.1) is 0 Å². The van der Waals surface area contributed by atoms with Crippen LogP contribution in [0.2, 0.25) is 0 Å². The van der Waals surface area contributed by atoms with Crippen LogP contribution in [-0.4, -0.2) is 18.6 Å². The molecule has 5 heteroatoms. The van der Waals surface area contributed by atoms with Crippen molar-refractivity contribution < 1.29 is 27.9 Å². The SMILES string of the molecule is COc1ccc(CC(C)(N)C(N)=O)cc1.[Br-].[H+]. The summed E-state index contributed by atoms with van der Waals surface area (Å²) in [5.74, 6) is 0.273. The van der Waals surface area contributed by atoms with Crippen molar-refractivity contribution in [2.24, 2.45) is 11.5 Å². The zero-order chi connectivity index (χ0) is 11.5. The minimum Gasteiger partial charge on any atom is -1.00 e. The molecular weight excluding hydrogens is 272 g/mol. The standard InChI is InChI=1S/C11H16N2O2.BrH/c1-11(13,10(12)14)7-8-3-5-9(15-2)6-4-8;/h3-6H,7,13H2,1-2H3,(H2,12,14);1H. The molecule has 0 saturated heterocycles. The normalized spacial score (nSPS) is 13.4. The van der Waals surface area contributed by atoms with Gasteiger partial charge < -0.3 is 33.2 Å². The van der Waals surface area contributed by atoms with Crippen molar-refractivity contribution >= 4 is 5.91 Å². The van der Waals surface area contributed by atoms with Crippen LogP contribution < -0.4 is 33.2 Å². The third-order valence-electron chi connectivity index (χ3n) is 2.29. The number of benzene rings is 1. The highest BCUT2D eigenvalue weighted by atomic mass is 79.9. The first-order valence-electron chi connectivity index (χ1n) is 4.67. The van der Waals surface area contributed by atoms with Crippen molar-refractivity contribution in [2.45, 2.75) is 18.9 Å². The monoisotopic (exact) mass is 288 g/mol. The Kier molecular flexibility index (Phi) is 5.47. The summed E-state index contributed by atoms with van der Waals surface area (Å²) in [4.78, 5) is 11.0. The zero-order valence-corrected chi connectivity index (χ0v) is 11.0. The second-order valence-electron chi connectivity index (χ2n) is 3.81. The lowest BCUT2D eigenvalue weighted by Gasteiger charge is -2.20. The maximum atomic E-state index is 11.0. The summed E-state index contributed by atoms with van der Waals surface area (Å²) in [5.41, 5.74) is 10.9. The van der Waals surface area contributed by atoms with Crippen molar-refractivity contribution in [1.29, 1.82) is 0 Å². The number of rotatable bonds is 4. The van der Waals surface area contributed by atoms with E-state index < -0.39 is 11.4 Å². The van der Waals surface area contributed by atoms with Gasteiger partial charge in [0.2, 0.25) is 5.91 Å². The van der Waals surface area contributed by atoms with Crippen molar-refractivity contribution in [3.05, 3.63) is 29.8 Å². The summed E-state index contributed by atoms with van der Waals surface area (Å²) < 4.78 is 5.02. The van der Waals surface area contributed by atoms with Gasteiger partial charge in [-0.25, -0.2) is 0 Å². The number of carbonyl (C=O) groups excluding carboxylic acids is 1. The molecule has 1 amide bonds. The maximum Gasteiger partial charge on any atom is 1.00 e. The molecule has 1 aromatic rings. The number of halogens is 1. The molecule has 0 bridgehead atoms. The van der Waals surface area contributed by atoms with E-state index in [4.69, 9.17) is 16.2 Å². The average molecular weight is 289 g/mol. The molecule has 4 N–H and O–H groups in total. The summed E-state index contributed by atoms with van der Waals surface area (Å²) in [6.07, 6.45) is 0.423. The molecule has 0 saturated carbocycles. The van der Waals surface area contributed by atoms with E-state index in [-0.39, 0.29) is 18.4 Å². The van der Waals surface area contributed by atoms with E-state index >= 15 is 0 Å². The number of hydrogen-bond acceptors (Lipinski definition) is 3. The largest absolute Gasteiger partial charge is 1.00 e. The number of ether oxygens (including phenoxy) is 1. The molecule has 1 atom stereocenters. The lowest BCUT2D eigenvalue weighted by Crippen LogP contribution is -3.00. The van der Waals surface area contributed by atoms with Crippen molar-refractivity contribution in [3.63, 3.8) is 0 Å². The van der Waals surface area contributed by atoms with Gasteiger partial charge in [-0.1, -0.05) is 12.1 Å². The Morgan fingerprint density at radius 2 is 1.94 bits per heavy atom. The molecule has 0 aromatic heterocycles. The summed E-state index contributed by atoms with van der Waals surface area (Å²) >= 11 is 0. The molecule has 16 heavy (non-hydrogen) atoms. The molecule has 0 fully saturated rings. The predicted molar refractivity (Wildman–Crippen MR) is 59.6 cm³/mol. The Balaban J connectivity index is 0. The van der Waals surface area contributed by atoms with Crippen molar-refractivity contribution in [3.8, 4) is 5.75 Å². The van der Waals surface area contributed by atoms with Crippen LogP contribution in [0.1, 0.15) is 13.9 Å². The molecule has 0 heterocycles. The van der Waals surface area contributed by atoms with E-state index in [9.17, 15) is 4.79 Å². The van der Waals surface area contributed by atoms with Crippen LogP contribution in [0.5, 0.6) is 5.75 Å². The van der Waals surface area contributed by atoms with Gasteiger partial charge in [-0.2, -0.15) is 0 Å². The van der Waals surface area contributed by atoms with E-state index in [2.05, 4.69) is 0 Å². The fourth-order valence-electron chi connectivity index (χ4n) is 1.25. The number of amides is 1. The molecule has 4 nitrogen and oxygen atoms in total. The van der Waals surface area contributed by atoms with Gasteiger partial charge >= 0.3 is 1.43 Å². The molecule has 0 aliphatic carbocycles. The van der Waals surface area contributed by atoms with Gasteiger partial charge in [-0.05, 0) is 31.0 Å². The quantitative estimate of drug-likeness (QED) is 0.646. The number of methoxy groups -OCH3 is 1. The Morgan fingerprint density at radius 1 is 1.44 bits per heavy atom. The molecule has 0 radical (unpaired) electrons. The van der Waals surface area contributed by atoms with Crippen LogP contribution in [-0.2, 0) is 11.2 Å². The Bertz CT molecular complexity index is 355. The summed E-state index contributed by atoms with van der Waals surface area (Å²) in [6, 6.07) is 7.39. The minimum atomic E-state index is -1.01. The van der Waals surface area contributed by atoms with Crippen LogP contribution in [0.25, 0.3) is 0 Å². The number of carbonyl (C=O) groups is 1. The third-order valence-corrected chi connectivity index (χ3v) is 2.29. The highest BCUT2D eigenvalue weighted by Crippen LogP contribution is 2.15. The molecule has 1 unspecified atom stereocenters. The fraction of sp³-hybridized carbons (Fsp3) is 0.364. The Morgan fingerprint density at radius 3 is 2.31 bits per heavy atom. The first kappa shape index (κ1) is 14.9. The van der Waals surface area contributed by atoms with E-state index in [1.165, 1.54) is 0 Å². The van der Waals surface area contributed by atoms with Crippen molar-refractivity contribution in [1.82, 2.24) is 0 Å². The molecule has 0 spiro atoms. The maximum absolute atomic E-state index is 11.0. The summed E-state index contributed by atoms with van der Waals surface area (Å²) in [5, 5.41) is 0. The molecule has 1 aromatic carbocycles. The van der Waals surface area contributed by atoms with E-state index in [0.29, 0.717) is 6.42 Å². The molecule has 0 aliphatic rings. The highest BCUT2D eigenvalue weighted by Gasteiger charge is 2.25. The average Bonchev–Trinajstić information content (AvgIpc) is 2.18. The first-order chi connectivity index (χ1) is 6.95. The number of nitrogens with two attached hydrogens (primary N) is 2. The van der Waals surface area contributed by atoms with Gasteiger partial charge in [0.05, 0.1) is 12.6 Å². The highest BCUT2D eigenvalue weighted by molar-refractivity contribution is 5.84. The second kappa shape index (κ2) is 5.86. The van der Waals surface area contributed by atoms with Crippen LogP contribution in [0.4, 0.5) is 0 Å². The van der Waals surface area contributed by atoms with E-state index in [0.717, 1.165) is 11.3 Å². The van der Waals surface area contributed by atoms with E-state index in [1.807, 2.05) is 24.3 Å². The van der Waals surface area contributed by atoms with Crippen LogP contribution in [0.15, 0.2) is 24.3 Å². The van der Waals surface area contributed by atoms with Gasteiger partial charge in [-0.3, -0.25) is 4.79 Å². The number of primary amides is 1. The second-order valence-corrected chi connectivity index (χ2v) is 3.81. The van der Waals surface area contributed by atoms with E-state index in [1.54, 1.807) is 14.0 Å². The molecular formula is C11H17BrN2O2. The van der Waals surface area contributed by atoms with Gasteiger partial charge in [0.1, 0.15) is 5.75 Å². The lowest BCUT2D eigenvalue weighted by molar-refractivity contribution is -0.122. The van der Waals surface area contributed by atoms with Gasteiger partial charge in [0, 0.05) is 0 Å². The first-order valence-corrected chi connectivity index (χ1v) is 4.67. The van der Waals surface area contributed by atoms with Crippen LogP contribution in [0.3, 0.4) is 0 Å². The summed E-state index contributed by atoms with van der Waals surface area (Å²) in [6.45, 7) is 1.62. The Labute approximate surface area is 107 Å². The van der Waals surface area contributed by atoms with Gasteiger partial charge in [-0.15, -0.1) is 0 Å². The van der Waals surface area contributed by atoms with Gasteiger partial charge in [0.25, 0.3) is 0 Å². The smallest absolute Gasteiger partial charge is 1.00 e. The fourth-order valence-corrected chi connectivity index (χ4v) is 1.25. The molecule has 1 rings (SSSR count). The number of hydrogen-bond donors (Lipinski definition) is 2. The summed E-state index contributed by atoms with van der Waals surface area (Å²) in [7, 11) is 1.60. The lowest BCUT2D eigenvalue weighted by atomic mass is 9.93. The topological polar surface area (TPSA) is 78.3 Å². The zero-order valence-electron chi connectivity index (χ0n) is 10.4. The van der Waals surface area contributed by atoms with Crippen LogP contribution >= 0.6 is 0 Å². The van der Waals surface area contributed by atoms with Crippen molar-refractivity contribution in [2.75, 3.05) is 7.11 Å². The van der Waals surface area contributed by atoms with Gasteiger partial charge in [0.15, 0.2) is 0 Å². The molecule has 90 valence electrons.